The van der Waals surface area contributed by atoms with Crippen LogP contribution in [0.4, 0.5) is 5.69 Å². The first-order valence-corrected chi connectivity index (χ1v) is 12.4. The number of ether oxygens (including phenoxy) is 1. The SMILES string of the molecule is COC(=O)C1CCN(S(=O)(=O)c2ccc(N3CCCCS3(=O)=O)cc2C)CC1. The number of hydrogen-bond acceptors (Lipinski definition) is 6. The molecule has 0 aromatic heterocycles. The predicted octanol–water partition coefficient (Wildman–Crippen LogP) is 1.50. The summed E-state index contributed by atoms with van der Waals surface area (Å²) in [7, 11) is -5.73. The molecular weight excluding hydrogens is 404 g/mol. The smallest absolute Gasteiger partial charge is 0.308 e. The van der Waals surface area contributed by atoms with E-state index in [-0.39, 0.29) is 35.6 Å². The topological polar surface area (TPSA) is 101 Å². The van der Waals surface area contributed by atoms with E-state index in [1.165, 1.54) is 21.8 Å². The molecule has 0 spiro atoms. The number of sulfonamides is 2. The number of piperidine rings is 1. The lowest BCUT2D eigenvalue weighted by atomic mass is 9.99. The zero-order valence-corrected chi connectivity index (χ0v) is 17.8. The molecule has 0 saturated carbocycles. The second kappa shape index (κ2) is 8.00. The van der Waals surface area contributed by atoms with Gasteiger partial charge >= 0.3 is 5.97 Å². The maximum Gasteiger partial charge on any atom is 0.308 e. The second-order valence-corrected chi connectivity index (χ2v) is 11.2. The quantitative estimate of drug-likeness (QED) is 0.671. The fourth-order valence-corrected chi connectivity index (χ4v) is 7.10. The lowest BCUT2D eigenvalue weighted by molar-refractivity contribution is -0.146. The van der Waals surface area contributed by atoms with Crippen LogP contribution in [0, 0.1) is 12.8 Å². The average Bonchev–Trinajstić information content (AvgIpc) is 2.66. The normalized spacial score (nSPS) is 21.4. The molecule has 1 aromatic rings. The number of esters is 1. The van der Waals surface area contributed by atoms with Gasteiger partial charge in [0.25, 0.3) is 0 Å². The second-order valence-electron chi connectivity index (χ2n) is 7.25. The van der Waals surface area contributed by atoms with Crippen LogP contribution in [0.2, 0.25) is 0 Å². The van der Waals surface area contributed by atoms with Crippen molar-refractivity contribution in [1.29, 1.82) is 0 Å². The number of anilines is 1. The average molecular weight is 431 g/mol. The number of methoxy groups -OCH3 is 1. The third kappa shape index (κ3) is 4.04. The summed E-state index contributed by atoms with van der Waals surface area (Å²) >= 11 is 0. The van der Waals surface area contributed by atoms with E-state index in [2.05, 4.69) is 0 Å². The predicted molar refractivity (Wildman–Crippen MR) is 105 cm³/mol. The molecule has 8 nitrogen and oxygen atoms in total. The first kappa shape index (κ1) is 21.1. The van der Waals surface area contributed by atoms with E-state index < -0.39 is 20.0 Å². The van der Waals surface area contributed by atoms with Crippen molar-refractivity contribution in [3.8, 4) is 0 Å². The number of benzene rings is 1. The Morgan fingerprint density at radius 3 is 2.39 bits per heavy atom. The number of nitrogens with zero attached hydrogens (tertiary/aromatic N) is 2. The van der Waals surface area contributed by atoms with Crippen molar-refractivity contribution in [2.45, 2.75) is 37.5 Å². The molecule has 0 radical (unpaired) electrons. The maximum atomic E-state index is 13.0. The van der Waals surface area contributed by atoms with Crippen LogP contribution >= 0.6 is 0 Å². The lowest BCUT2D eigenvalue weighted by Crippen LogP contribution is -2.40. The number of rotatable bonds is 4. The number of hydrogen-bond donors (Lipinski definition) is 0. The highest BCUT2D eigenvalue weighted by Crippen LogP contribution is 2.30. The summed E-state index contributed by atoms with van der Waals surface area (Å²) in [6.45, 7) is 2.59. The van der Waals surface area contributed by atoms with E-state index in [0.717, 1.165) is 6.42 Å². The van der Waals surface area contributed by atoms with Crippen molar-refractivity contribution < 1.29 is 26.4 Å². The first-order chi connectivity index (χ1) is 13.2. The van der Waals surface area contributed by atoms with Gasteiger partial charge in [0.15, 0.2) is 0 Å². The molecular formula is C18H26N2O6S2. The molecule has 156 valence electrons. The fourth-order valence-electron chi connectivity index (χ4n) is 3.79. The van der Waals surface area contributed by atoms with Gasteiger partial charge in [-0.25, -0.2) is 16.8 Å². The third-order valence-corrected chi connectivity index (χ3v) is 9.33. The van der Waals surface area contributed by atoms with E-state index in [9.17, 15) is 21.6 Å². The van der Waals surface area contributed by atoms with E-state index in [1.807, 2.05) is 0 Å². The highest BCUT2D eigenvalue weighted by Gasteiger charge is 2.34. The molecule has 2 aliphatic heterocycles. The zero-order chi connectivity index (χ0) is 20.5. The molecule has 0 bridgehead atoms. The molecule has 28 heavy (non-hydrogen) atoms. The van der Waals surface area contributed by atoms with Crippen molar-refractivity contribution in [3.05, 3.63) is 23.8 Å². The summed E-state index contributed by atoms with van der Waals surface area (Å²) in [5.74, 6) is -0.467. The summed E-state index contributed by atoms with van der Waals surface area (Å²) in [6.07, 6.45) is 2.28. The monoisotopic (exact) mass is 430 g/mol. The summed E-state index contributed by atoms with van der Waals surface area (Å²) in [4.78, 5) is 11.8. The fraction of sp³-hybridized carbons (Fsp3) is 0.611. The van der Waals surface area contributed by atoms with Crippen LogP contribution in [-0.2, 0) is 29.6 Å². The van der Waals surface area contributed by atoms with Gasteiger partial charge in [0.1, 0.15) is 0 Å². The molecule has 2 heterocycles. The Labute approximate surface area is 166 Å². The molecule has 2 saturated heterocycles. The summed E-state index contributed by atoms with van der Waals surface area (Å²) < 4.78 is 58.2. The van der Waals surface area contributed by atoms with E-state index in [1.54, 1.807) is 19.1 Å². The standard InChI is InChI=1S/C18H26N2O6S2/c1-14-13-16(20-9-3-4-12-27(20,22)23)5-6-17(14)28(24,25)19-10-7-15(8-11-19)18(21)26-2/h5-6,13,15H,3-4,7-12H2,1-2H3. The van der Waals surface area contributed by atoms with Gasteiger partial charge in [0.2, 0.25) is 20.0 Å². The Hall–Kier alpha value is -1.65. The van der Waals surface area contributed by atoms with Gasteiger partial charge < -0.3 is 4.74 Å². The first-order valence-electron chi connectivity index (χ1n) is 9.36. The number of carbonyl (C=O) groups excluding carboxylic acids is 1. The van der Waals surface area contributed by atoms with Gasteiger partial charge in [-0.3, -0.25) is 9.10 Å². The minimum atomic E-state index is -3.71. The van der Waals surface area contributed by atoms with Crippen LogP contribution in [-0.4, -0.2) is 59.6 Å². The molecule has 1 aromatic carbocycles. The van der Waals surface area contributed by atoms with Crippen LogP contribution in [0.15, 0.2) is 23.1 Å². The summed E-state index contributed by atoms with van der Waals surface area (Å²) in [6, 6.07) is 4.66. The van der Waals surface area contributed by atoms with Gasteiger partial charge in [-0.05, 0) is 56.4 Å². The number of carbonyl (C=O) groups is 1. The molecule has 0 amide bonds. The van der Waals surface area contributed by atoms with E-state index in [0.29, 0.717) is 37.1 Å². The Morgan fingerprint density at radius 2 is 1.82 bits per heavy atom. The van der Waals surface area contributed by atoms with Gasteiger partial charge in [-0.15, -0.1) is 0 Å². The molecule has 0 N–H and O–H groups in total. The Balaban J connectivity index is 1.81. The molecule has 2 aliphatic rings. The molecule has 10 heteroatoms. The van der Waals surface area contributed by atoms with Crippen LogP contribution in [0.1, 0.15) is 31.2 Å². The van der Waals surface area contributed by atoms with Crippen LogP contribution in [0.3, 0.4) is 0 Å². The van der Waals surface area contributed by atoms with Crippen molar-refractivity contribution in [2.75, 3.05) is 36.8 Å². The minimum absolute atomic E-state index is 0.112. The lowest BCUT2D eigenvalue weighted by Gasteiger charge is -2.31. The molecule has 2 fully saturated rings. The van der Waals surface area contributed by atoms with Gasteiger partial charge in [-0.1, -0.05) is 0 Å². The summed E-state index contributed by atoms with van der Waals surface area (Å²) in [5.41, 5.74) is 1.01. The van der Waals surface area contributed by atoms with Crippen LogP contribution in [0.25, 0.3) is 0 Å². The largest absolute Gasteiger partial charge is 0.469 e. The van der Waals surface area contributed by atoms with Crippen molar-refractivity contribution >= 4 is 31.7 Å². The van der Waals surface area contributed by atoms with Crippen molar-refractivity contribution in [1.82, 2.24) is 4.31 Å². The molecule has 0 unspecified atom stereocenters. The minimum Gasteiger partial charge on any atom is -0.469 e. The highest BCUT2D eigenvalue weighted by molar-refractivity contribution is 7.92. The third-order valence-electron chi connectivity index (χ3n) is 5.40. The summed E-state index contributed by atoms with van der Waals surface area (Å²) in [5, 5.41) is 0. The number of aryl methyl sites for hydroxylation is 1. The Kier molecular flexibility index (Phi) is 6.02. The molecule has 3 rings (SSSR count). The van der Waals surface area contributed by atoms with Crippen molar-refractivity contribution in [2.24, 2.45) is 5.92 Å². The van der Waals surface area contributed by atoms with E-state index in [4.69, 9.17) is 4.74 Å². The maximum absolute atomic E-state index is 13.0. The van der Waals surface area contributed by atoms with Crippen LogP contribution in [0.5, 0.6) is 0 Å². The van der Waals surface area contributed by atoms with Crippen LogP contribution < -0.4 is 4.31 Å². The Morgan fingerprint density at radius 1 is 1.14 bits per heavy atom. The Bertz CT molecular complexity index is 950. The molecule has 0 aliphatic carbocycles. The van der Waals surface area contributed by atoms with E-state index >= 15 is 0 Å². The van der Waals surface area contributed by atoms with Gasteiger partial charge in [0.05, 0.1) is 29.4 Å². The zero-order valence-electron chi connectivity index (χ0n) is 16.1. The molecule has 0 atom stereocenters. The van der Waals surface area contributed by atoms with Gasteiger partial charge in [-0.2, -0.15) is 4.31 Å². The highest BCUT2D eigenvalue weighted by atomic mass is 32.2. The van der Waals surface area contributed by atoms with Crippen molar-refractivity contribution in [3.63, 3.8) is 0 Å². The van der Waals surface area contributed by atoms with Gasteiger partial charge in [0, 0.05) is 19.6 Å².